The molecule has 0 amide bonds. The van der Waals surface area contributed by atoms with E-state index in [0.717, 1.165) is 38.5 Å². The fourth-order valence-electron chi connectivity index (χ4n) is 6.78. The lowest BCUT2D eigenvalue weighted by molar-refractivity contribution is -0.157. The Kier molecular flexibility index (Phi) is 3.39. The second-order valence-electron chi connectivity index (χ2n) is 8.71. The maximum Gasteiger partial charge on any atom is 0.161 e. The van der Waals surface area contributed by atoms with Gasteiger partial charge in [-0.3, -0.25) is 9.59 Å². The van der Waals surface area contributed by atoms with Crippen molar-refractivity contribution < 1.29 is 14.7 Å². The number of carbonyl (C=O) groups is 2. The van der Waals surface area contributed by atoms with Gasteiger partial charge in [0.25, 0.3) is 0 Å². The molecule has 4 aliphatic carbocycles. The summed E-state index contributed by atoms with van der Waals surface area (Å²) in [5, 5.41) is 11.1. The van der Waals surface area contributed by atoms with Crippen LogP contribution >= 0.6 is 0 Å². The molecule has 0 aromatic rings. The van der Waals surface area contributed by atoms with Crippen LogP contribution in [0, 0.1) is 29.1 Å². The minimum atomic E-state index is -1.11. The summed E-state index contributed by atoms with van der Waals surface area (Å²) in [4.78, 5) is 23.9. The number of carbonyl (C=O) groups excluding carboxylic acids is 2. The fraction of sp³-hybridized carbons (Fsp3) is 0.800. The number of hydrogen-bond donors (Lipinski definition) is 1. The number of ketones is 2. The first-order valence-corrected chi connectivity index (χ1v) is 9.33. The van der Waals surface area contributed by atoms with Crippen LogP contribution in [0.3, 0.4) is 0 Å². The summed E-state index contributed by atoms with van der Waals surface area (Å²) in [6.45, 7) is 3.73. The lowest BCUT2D eigenvalue weighted by Gasteiger charge is -2.55. The molecule has 0 aliphatic heterocycles. The van der Waals surface area contributed by atoms with E-state index in [9.17, 15) is 14.7 Å². The third-order valence-corrected chi connectivity index (χ3v) is 8.03. The van der Waals surface area contributed by atoms with E-state index in [1.54, 1.807) is 6.92 Å². The van der Waals surface area contributed by atoms with Gasteiger partial charge in [-0.15, -0.1) is 0 Å². The van der Waals surface area contributed by atoms with Crippen molar-refractivity contribution in [1.82, 2.24) is 0 Å². The molecule has 0 bridgehead atoms. The van der Waals surface area contributed by atoms with Gasteiger partial charge in [-0.2, -0.15) is 0 Å². The van der Waals surface area contributed by atoms with Gasteiger partial charge in [-0.05, 0) is 81.6 Å². The number of allylic oxidation sites excluding steroid dienone is 1. The molecule has 126 valence electrons. The van der Waals surface area contributed by atoms with E-state index >= 15 is 0 Å². The normalized spacial score (nSPS) is 49.0. The summed E-state index contributed by atoms with van der Waals surface area (Å²) >= 11 is 0. The van der Waals surface area contributed by atoms with Gasteiger partial charge in [0.2, 0.25) is 0 Å². The molecule has 23 heavy (non-hydrogen) atoms. The number of aliphatic hydroxyl groups is 1. The van der Waals surface area contributed by atoms with Gasteiger partial charge in [0.1, 0.15) is 5.60 Å². The lowest BCUT2D eigenvalue weighted by Crippen LogP contribution is -2.55. The van der Waals surface area contributed by atoms with Crippen molar-refractivity contribution in [2.75, 3.05) is 0 Å². The molecular formula is C20H28O3. The average Bonchev–Trinajstić information content (AvgIpc) is 2.80. The van der Waals surface area contributed by atoms with Crippen LogP contribution in [0.5, 0.6) is 0 Å². The Balaban J connectivity index is 1.65. The molecule has 0 aromatic heterocycles. The molecule has 3 heteroatoms. The van der Waals surface area contributed by atoms with Crippen molar-refractivity contribution in [3.63, 3.8) is 0 Å². The van der Waals surface area contributed by atoms with E-state index in [1.165, 1.54) is 5.57 Å². The van der Waals surface area contributed by atoms with E-state index in [-0.39, 0.29) is 11.2 Å². The largest absolute Gasteiger partial charge is 0.382 e. The Morgan fingerprint density at radius 2 is 1.91 bits per heavy atom. The highest BCUT2D eigenvalue weighted by Gasteiger charge is 2.64. The summed E-state index contributed by atoms with van der Waals surface area (Å²) in [6.07, 6.45) is 9.51. The number of fused-ring (bicyclic) bond motifs is 5. The van der Waals surface area contributed by atoms with Crippen LogP contribution in [0.15, 0.2) is 11.6 Å². The molecule has 4 aliphatic rings. The SMILES string of the molecule is CC(=O)[C@@]1(O)CC[C@@H]2[C@@H]3CCC4=CC(=O)CC[C@@H]4[C@@H]3CC[C@@]21C. The molecule has 0 heterocycles. The van der Waals surface area contributed by atoms with Gasteiger partial charge < -0.3 is 5.11 Å². The minimum absolute atomic E-state index is 0.0411. The fourth-order valence-corrected chi connectivity index (χ4v) is 6.78. The average molecular weight is 316 g/mol. The monoisotopic (exact) mass is 316 g/mol. The Hall–Kier alpha value is -0.960. The topological polar surface area (TPSA) is 54.4 Å². The zero-order valence-corrected chi connectivity index (χ0v) is 14.3. The smallest absolute Gasteiger partial charge is 0.161 e. The van der Waals surface area contributed by atoms with Gasteiger partial charge in [0, 0.05) is 11.8 Å². The van der Waals surface area contributed by atoms with E-state index in [4.69, 9.17) is 0 Å². The predicted octanol–water partition coefficient (Wildman–Crippen LogP) is 3.45. The minimum Gasteiger partial charge on any atom is -0.382 e. The van der Waals surface area contributed by atoms with Crippen molar-refractivity contribution in [2.45, 2.75) is 70.8 Å². The molecule has 3 fully saturated rings. The van der Waals surface area contributed by atoms with Crippen molar-refractivity contribution >= 4 is 11.6 Å². The first-order valence-electron chi connectivity index (χ1n) is 9.33. The second-order valence-corrected chi connectivity index (χ2v) is 8.71. The number of rotatable bonds is 1. The quantitative estimate of drug-likeness (QED) is 0.806. The van der Waals surface area contributed by atoms with Crippen LogP contribution < -0.4 is 0 Å². The summed E-state index contributed by atoms with van der Waals surface area (Å²) < 4.78 is 0. The molecular weight excluding hydrogens is 288 g/mol. The molecule has 3 nitrogen and oxygen atoms in total. The Labute approximate surface area is 138 Å². The van der Waals surface area contributed by atoms with Crippen LogP contribution in [0.25, 0.3) is 0 Å². The highest BCUT2D eigenvalue weighted by atomic mass is 16.3. The third-order valence-electron chi connectivity index (χ3n) is 8.03. The summed E-state index contributed by atoms with van der Waals surface area (Å²) in [7, 11) is 0. The highest BCUT2D eigenvalue weighted by molar-refractivity contribution is 5.91. The van der Waals surface area contributed by atoms with Gasteiger partial charge in [-0.1, -0.05) is 12.5 Å². The molecule has 0 unspecified atom stereocenters. The first-order chi connectivity index (χ1) is 10.9. The molecule has 0 aromatic carbocycles. The first kappa shape index (κ1) is 15.6. The standard InChI is InChI=1S/C20H28O3/c1-12(21)20(23)10-8-18-17-5-3-13-11-14(22)4-6-15(13)16(17)7-9-19(18,20)2/h11,15-18,23H,3-10H2,1-2H3/t15-,16-,17+,18+,19-,20-/m0/s1. The van der Waals surface area contributed by atoms with E-state index in [2.05, 4.69) is 6.92 Å². The maximum atomic E-state index is 12.2. The summed E-state index contributed by atoms with van der Waals surface area (Å²) in [5.41, 5.74) is 0.0402. The number of hydrogen-bond acceptors (Lipinski definition) is 3. The molecule has 0 spiro atoms. The molecule has 1 N–H and O–H groups in total. The van der Waals surface area contributed by atoms with Gasteiger partial charge in [-0.25, -0.2) is 0 Å². The van der Waals surface area contributed by atoms with Crippen molar-refractivity contribution in [3.8, 4) is 0 Å². The van der Waals surface area contributed by atoms with Crippen LogP contribution in [-0.2, 0) is 9.59 Å². The van der Waals surface area contributed by atoms with Gasteiger partial charge >= 0.3 is 0 Å². The van der Waals surface area contributed by atoms with Crippen LogP contribution in [0.4, 0.5) is 0 Å². The molecule has 6 atom stereocenters. The molecule has 3 saturated carbocycles. The lowest BCUT2D eigenvalue weighted by atomic mass is 9.50. The Morgan fingerprint density at radius 1 is 1.13 bits per heavy atom. The van der Waals surface area contributed by atoms with Gasteiger partial charge in [0.15, 0.2) is 11.6 Å². The van der Waals surface area contributed by atoms with Gasteiger partial charge in [0.05, 0.1) is 0 Å². The Morgan fingerprint density at radius 3 is 2.65 bits per heavy atom. The van der Waals surface area contributed by atoms with Crippen molar-refractivity contribution in [1.29, 1.82) is 0 Å². The van der Waals surface area contributed by atoms with E-state index in [0.29, 0.717) is 42.3 Å². The maximum absolute atomic E-state index is 12.2. The number of Topliss-reactive ketones (excluding diaryl/α,β-unsaturated/α-hetero) is 1. The van der Waals surface area contributed by atoms with E-state index < -0.39 is 5.60 Å². The zero-order chi connectivity index (χ0) is 16.4. The summed E-state index contributed by atoms with van der Waals surface area (Å²) in [6, 6.07) is 0. The highest BCUT2D eigenvalue weighted by Crippen LogP contribution is 2.64. The zero-order valence-electron chi connectivity index (χ0n) is 14.3. The van der Waals surface area contributed by atoms with E-state index in [1.807, 2.05) is 6.08 Å². The van der Waals surface area contributed by atoms with Crippen molar-refractivity contribution in [3.05, 3.63) is 11.6 Å². The molecule has 4 rings (SSSR count). The molecule has 0 saturated heterocycles. The molecule has 0 radical (unpaired) electrons. The van der Waals surface area contributed by atoms with Crippen LogP contribution in [0.2, 0.25) is 0 Å². The van der Waals surface area contributed by atoms with Crippen LogP contribution in [0.1, 0.15) is 65.2 Å². The third kappa shape index (κ3) is 1.98. The van der Waals surface area contributed by atoms with Crippen LogP contribution in [-0.4, -0.2) is 22.3 Å². The predicted molar refractivity (Wildman–Crippen MR) is 87.7 cm³/mol. The Bertz CT molecular complexity index is 592. The van der Waals surface area contributed by atoms with Crippen molar-refractivity contribution in [2.24, 2.45) is 29.1 Å². The second kappa shape index (κ2) is 5.02. The summed E-state index contributed by atoms with van der Waals surface area (Å²) in [5.74, 6) is 2.60.